The van der Waals surface area contributed by atoms with Crippen LogP contribution in [0, 0.1) is 5.41 Å². The van der Waals surface area contributed by atoms with Crippen LogP contribution in [-0.2, 0) is 4.74 Å². The maximum Gasteiger partial charge on any atom is 0.105 e. The molecule has 0 spiro atoms. The smallest absolute Gasteiger partial charge is 0.105 e. The Bertz CT molecular complexity index is 154. The van der Waals surface area contributed by atoms with Crippen LogP contribution in [0.1, 0.15) is 20.3 Å². The van der Waals surface area contributed by atoms with E-state index in [0.717, 1.165) is 6.42 Å². The van der Waals surface area contributed by atoms with Gasteiger partial charge in [0.2, 0.25) is 0 Å². The van der Waals surface area contributed by atoms with Gasteiger partial charge in [0.15, 0.2) is 0 Å². The van der Waals surface area contributed by atoms with E-state index in [2.05, 4.69) is 32.1 Å². The molecule has 1 heteroatoms. The SMILES string of the molecule is CC1(C)/C=C\OC/C=C\C1. The molecule has 0 fully saturated rings. The lowest BCUT2D eigenvalue weighted by atomic mass is 9.89. The van der Waals surface area contributed by atoms with Crippen LogP contribution in [0.25, 0.3) is 0 Å². The predicted octanol–water partition coefficient (Wildman–Crippen LogP) is 2.50. The first kappa shape index (κ1) is 7.39. The Hall–Kier alpha value is -0.720. The molecular weight excluding hydrogens is 124 g/mol. The van der Waals surface area contributed by atoms with Crippen LogP contribution in [-0.4, -0.2) is 6.61 Å². The van der Waals surface area contributed by atoms with Gasteiger partial charge in [0.05, 0.1) is 6.26 Å². The molecule has 56 valence electrons. The highest BCUT2D eigenvalue weighted by molar-refractivity contribution is 4.99. The fraction of sp³-hybridized carbons (Fsp3) is 0.556. The van der Waals surface area contributed by atoms with Crippen LogP contribution in [0.2, 0.25) is 0 Å². The third kappa shape index (κ3) is 2.26. The lowest BCUT2D eigenvalue weighted by molar-refractivity contribution is 0.277. The molecule has 0 bridgehead atoms. The van der Waals surface area contributed by atoms with E-state index in [1.807, 2.05) is 0 Å². The van der Waals surface area contributed by atoms with Gasteiger partial charge < -0.3 is 4.74 Å². The van der Waals surface area contributed by atoms with Crippen LogP contribution in [0.3, 0.4) is 0 Å². The number of hydrogen-bond donors (Lipinski definition) is 0. The Labute approximate surface area is 62.4 Å². The normalized spacial score (nSPS) is 29.4. The van der Waals surface area contributed by atoms with Gasteiger partial charge in [-0.15, -0.1) is 0 Å². The summed E-state index contributed by atoms with van der Waals surface area (Å²) in [5.41, 5.74) is 0.261. The van der Waals surface area contributed by atoms with Gasteiger partial charge in [0, 0.05) is 0 Å². The van der Waals surface area contributed by atoms with Gasteiger partial charge >= 0.3 is 0 Å². The van der Waals surface area contributed by atoms with Gasteiger partial charge in [-0.2, -0.15) is 0 Å². The first-order chi connectivity index (χ1) is 4.71. The summed E-state index contributed by atoms with van der Waals surface area (Å²) in [6.07, 6.45) is 9.24. The van der Waals surface area contributed by atoms with Crippen LogP contribution in [0.15, 0.2) is 24.5 Å². The molecule has 0 saturated carbocycles. The molecule has 0 aromatic rings. The molecular formula is C9H14O. The van der Waals surface area contributed by atoms with Crippen LogP contribution < -0.4 is 0 Å². The van der Waals surface area contributed by atoms with Crippen molar-refractivity contribution in [3.05, 3.63) is 24.5 Å². The van der Waals surface area contributed by atoms with Crippen LogP contribution in [0.5, 0.6) is 0 Å². The van der Waals surface area contributed by atoms with Gasteiger partial charge in [-0.25, -0.2) is 0 Å². The zero-order valence-corrected chi connectivity index (χ0v) is 6.63. The minimum absolute atomic E-state index is 0.261. The third-order valence-electron chi connectivity index (χ3n) is 1.62. The summed E-state index contributed by atoms with van der Waals surface area (Å²) in [6.45, 7) is 5.11. The summed E-state index contributed by atoms with van der Waals surface area (Å²) >= 11 is 0. The average Bonchev–Trinajstić information content (AvgIpc) is 1.81. The summed E-state index contributed by atoms with van der Waals surface area (Å²) in [4.78, 5) is 0. The van der Waals surface area contributed by atoms with Gasteiger partial charge in [-0.3, -0.25) is 0 Å². The quantitative estimate of drug-likeness (QED) is 0.467. The Morgan fingerprint density at radius 3 is 2.90 bits per heavy atom. The fourth-order valence-corrected chi connectivity index (χ4v) is 0.867. The number of rotatable bonds is 0. The standard InChI is InChI=1S/C9H14O/c1-9(2)5-3-4-7-10-8-6-9/h3-4,6,8H,5,7H2,1-2H3/b4-3-,8-6-. The highest BCUT2D eigenvalue weighted by atomic mass is 16.5. The number of allylic oxidation sites excluding steroid dienone is 2. The molecule has 1 aliphatic heterocycles. The maximum atomic E-state index is 5.14. The molecule has 0 atom stereocenters. The minimum Gasteiger partial charge on any atom is -0.497 e. The number of ether oxygens (including phenoxy) is 1. The van der Waals surface area contributed by atoms with Crippen molar-refractivity contribution >= 4 is 0 Å². The van der Waals surface area contributed by atoms with E-state index < -0.39 is 0 Å². The fourth-order valence-electron chi connectivity index (χ4n) is 0.867. The summed E-state index contributed by atoms with van der Waals surface area (Å²) < 4.78 is 5.14. The van der Waals surface area contributed by atoms with Crippen molar-refractivity contribution in [2.75, 3.05) is 6.61 Å². The molecule has 0 unspecified atom stereocenters. The summed E-state index contributed by atoms with van der Waals surface area (Å²) in [5.74, 6) is 0. The van der Waals surface area contributed by atoms with E-state index in [9.17, 15) is 0 Å². The van der Waals surface area contributed by atoms with Gasteiger partial charge in [-0.1, -0.05) is 26.0 Å². The Balaban J connectivity index is 2.58. The van der Waals surface area contributed by atoms with Crippen molar-refractivity contribution in [2.24, 2.45) is 5.41 Å². The molecule has 10 heavy (non-hydrogen) atoms. The van der Waals surface area contributed by atoms with Crippen molar-refractivity contribution in [2.45, 2.75) is 20.3 Å². The van der Waals surface area contributed by atoms with E-state index >= 15 is 0 Å². The molecule has 1 nitrogen and oxygen atoms in total. The van der Waals surface area contributed by atoms with Gasteiger partial charge in [0.25, 0.3) is 0 Å². The van der Waals surface area contributed by atoms with E-state index in [-0.39, 0.29) is 5.41 Å². The van der Waals surface area contributed by atoms with Crippen molar-refractivity contribution in [1.29, 1.82) is 0 Å². The van der Waals surface area contributed by atoms with E-state index in [0.29, 0.717) is 6.61 Å². The molecule has 0 aromatic carbocycles. The minimum atomic E-state index is 0.261. The van der Waals surface area contributed by atoms with Gasteiger partial charge in [0.1, 0.15) is 6.61 Å². The molecule has 1 aliphatic rings. The second-order valence-corrected chi connectivity index (χ2v) is 3.30. The Kier molecular flexibility index (Phi) is 2.15. The zero-order valence-electron chi connectivity index (χ0n) is 6.63. The van der Waals surface area contributed by atoms with Crippen LogP contribution in [0.4, 0.5) is 0 Å². The lowest BCUT2D eigenvalue weighted by Gasteiger charge is -2.18. The summed E-state index contributed by atoms with van der Waals surface area (Å²) in [7, 11) is 0. The topological polar surface area (TPSA) is 9.23 Å². The monoisotopic (exact) mass is 138 g/mol. The molecule has 0 N–H and O–H groups in total. The van der Waals surface area contributed by atoms with Crippen molar-refractivity contribution < 1.29 is 4.74 Å². The van der Waals surface area contributed by atoms with Crippen molar-refractivity contribution in [3.63, 3.8) is 0 Å². The molecule has 0 radical (unpaired) electrons. The summed E-state index contributed by atoms with van der Waals surface area (Å²) in [6, 6.07) is 0. The second-order valence-electron chi connectivity index (χ2n) is 3.30. The Morgan fingerprint density at radius 1 is 1.30 bits per heavy atom. The number of hydrogen-bond acceptors (Lipinski definition) is 1. The highest BCUT2D eigenvalue weighted by Crippen LogP contribution is 2.23. The van der Waals surface area contributed by atoms with Crippen molar-refractivity contribution in [1.82, 2.24) is 0 Å². The van der Waals surface area contributed by atoms with E-state index in [1.165, 1.54) is 0 Å². The van der Waals surface area contributed by atoms with Gasteiger partial charge in [-0.05, 0) is 17.9 Å². The first-order valence-corrected chi connectivity index (χ1v) is 3.65. The summed E-state index contributed by atoms with van der Waals surface area (Å²) in [5, 5.41) is 0. The van der Waals surface area contributed by atoms with E-state index in [4.69, 9.17) is 4.74 Å². The molecule has 0 amide bonds. The molecule has 0 aliphatic carbocycles. The first-order valence-electron chi connectivity index (χ1n) is 3.65. The predicted molar refractivity (Wildman–Crippen MR) is 42.6 cm³/mol. The molecule has 0 aromatic heterocycles. The Morgan fingerprint density at radius 2 is 2.10 bits per heavy atom. The molecule has 1 heterocycles. The molecule has 1 rings (SSSR count). The third-order valence-corrected chi connectivity index (χ3v) is 1.62. The maximum absolute atomic E-state index is 5.14. The van der Waals surface area contributed by atoms with E-state index in [1.54, 1.807) is 6.26 Å². The molecule has 0 saturated heterocycles. The van der Waals surface area contributed by atoms with Crippen LogP contribution >= 0.6 is 0 Å². The largest absolute Gasteiger partial charge is 0.497 e. The second kappa shape index (κ2) is 2.91. The lowest BCUT2D eigenvalue weighted by Crippen LogP contribution is -2.07. The highest BCUT2D eigenvalue weighted by Gasteiger charge is 2.11. The van der Waals surface area contributed by atoms with Crippen molar-refractivity contribution in [3.8, 4) is 0 Å². The zero-order chi connectivity index (χ0) is 7.45. The average molecular weight is 138 g/mol.